The molecule has 0 aromatic heterocycles. The number of rotatable bonds is 2. The molecule has 1 fully saturated rings. The molecule has 0 saturated carbocycles. The van der Waals surface area contributed by atoms with Crippen LogP contribution in [0.25, 0.3) is 0 Å². The Hall–Kier alpha value is -1.37. The predicted molar refractivity (Wildman–Crippen MR) is 59.1 cm³/mol. The molecule has 1 heterocycles. The molecule has 0 bridgehead atoms. The second-order valence-corrected chi connectivity index (χ2v) is 4.21. The van der Waals surface area contributed by atoms with Gasteiger partial charge in [0.2, 0.25) is 0 Å². The van der Waals surface area contributed by atoms with Gasteiger partial charge in [0.05, 0.1) is 11.6 Å². The largest absolute Gasteiger partial charge is 0.325 e. The van der Waals surface area contributed by atoms with Crippen molar-refractivity contribution in [3.05, 3.63) is 34.9 Å². The van der Waals surface area contributed by atoms with Crippen molar-refractivity contribution < 1.29 is 0 Å². The molecular formula is C12H15N3. The summed E-state index contributed by atoms with van der Waals surface area (Å²) < 4.78 is 0. The summed E-state index contributed by atoms with van der Waals surface area (Å²) >= 11 is 0. The Balaban J connectivity index is 2.06. The van der Waals surface area contributed by atoms with Crippen molar-refractivity contribution >= 4 is 0 Å². The Morgan fingerprint density at radius 3 is 2.80 bits per heavy atom. The van der Waals surface area contributed by atoms with Crippen LogP contribution in [-0.4, -0.2) is 24.0 Å². The third-order valence-electron chi connectivity index (χ3n) is 2.85. The SMILES string of the molecule is Cc1cc(C#N)ccc1CN1CC(N)C1. The van der Waals surface area contributed by atoms with Crippen LogP contribution in [0.4, 0.5) is 0 Å². The molecule has 1 aromatic carbocycles. The number of hydrogen-bond donors (Lipinski definition) is 1. The van der Waals surface area contributed by atoms with Gasteiger partial charge in [-0.2, -0.15) is 5.26 Å². The lowest BCUT2D eigenvalue weighted by Crippen LogP contribution is -2.54. The maximum Gasteiger partial charge on any atom is 0.0991 e. The third-order valence-corrected chi connectivity index (χ3v) is 2.85. The van der Waals surface area contributed by atoms with Crippen LogP contribution < -0.4 is 5.73 Å². The van der Waals surface area contributed by atoms with Gasteiger partial charge in [0.15, 0.2) is 0 Å². The van der Waals surface area contributed by atoms with E-state index in [0.717, 1.165) is 25.2 Å². The van der Waals surface area contributed by atoms with E-state index in [9.17, 15) is 0 Å². The van der Waals surface area contributed by atoms with Crippen LogP contribution in [0.1, 0.15) is 16.7 Å². The molecule has 3 nitrogen and oxygen atoms in total. The minimum Gasteiger partial charge on any atom is -0.325 e. The maximum absolute atomic E-state index is 8.75. The van der Waals surface area contributed by atoms with Crippen molar-refractivity contribution in [2.75, 3.05) is 13.1 Å². The topological polar surface area (TPSA) is 53.0 Å². The number of aryl methyl sites for hydroxylation is 1. The van der Waals surface area contributed by atoms with Crippen LogP contribution in [-0.2, 0) is 6.54 Å². The average molecular weight is 201 g/mol. The van der Waals surface area contributed by atoms with Crippen LogP contribution in [0, 0.1) is 18.3 Å². The lowest BCUT2D eigenvalue weighted by atomic mass is 10.0. The first kappa shape index (κ1) is 10.2. The highest BCUT2D eigenvalue weighted by Gasteiger charge is 2.22. The van der Waals surface area contributed by atoms with E-state index in [1.165, 1.54) is 11.1 Å². The van der Waals surface area contributed by atoms with Gasteiger partial charge in [-0.3, -0.25) is 4.90 Å². The van der Waals surface area contributed by atoms with Gasteiger partial charge in [-0.15, -0.1) is 0 Å². The molecule has 78 valence electrons. The summed E-state index contributed by atoms with van der Waals surface area (Å²) in [6.07, 6.45) is 0. The summed E-state index contributed by atoms with van der Waals surface area (Å²) in [6.45, 7) is 4.97. The predicted octanol–water partition coefficient (Wildman–Crippen LogP) is 1.01. The van der Waals surface area contributed by atoms with E-state index in [0.29, 0.717) is 6.04 Å². The molecule has 1 aliphatic heterocycles. The summed E-state index contributed by atoms with van der Waals surface area (Å²) in [5.41, 5.74) is 8.94. The molecule has 0 spiro atoms. The van der Waals surface area contributed by atoms with Crippen LogP contribution in [0.15, 0.2) is 18.2 Å². The maximum atomic E-state index is 8.75. The van der Waals surface area contributed by atoms with E-state index in [1.54, 1.807) is 0 Å². The number of likely N-dealkylation sites (tertiary alicyclic amines) is 1. The number of nitriles is 1. The van der Waals surface area contributed by atoms with Crippen molar-refractivity contribution in [3.63, 3.8) is 0 Å². The van der Waals surface area contributed by atoms with E-state index in [1.807, 2.05) is 18.2 Å². The lowest BCUT2D eigenvalue weighted by Gasteiger charge is -2.37. The molecule has 0 radical (unpaired) electrons. The Bertz CT molecular complexity index is 400. The van der Waals surface area contributed by atoms with Crippen LogP contribution in [0.3, 0.4) is 0 Å². The fourth-order valence-corrected chi connectivity index (χ4v) is 1.92. The summed E-state index contributed by atoms with van der Waals surface area (Å²) in [5, 5.41) is 8.75. The van der Waals surface area contributed by atoms with Gasteiger partial charge in [0, 0.05) is 25.7 Å². The first-order valence-corrected chi connectivity index (χ1v) is 5.16. The highest BCUT2D eigenvalue weighted by atomic mass is 15.2. The smallest absolute Gasteiger partial charge is 0.0991 e. The van der Waals surface area contributed by atoms with Gasteiger partial charge in [0.25, 0.3) is 0 Å². The van der Waals surface area contributed by atoms with E-state index < -0.39 is 0 Å². The molecule has 2 N–H and O–H groups in total. The summed E-state index contributed by atoms with van der Waals surface area (Å²) in [4.78, 5) is 2.32. The van der Waals surface area contributed by atoms with Gasteiger partial charge in [0.1, 0.15) is 0 Å². The number of nitrogens with zero attached hydrogens (tertiary/aromatic N) is 2. The summed E-state index contributed by atoms with van der Waals surface area (Å²) in [5.74, 6) is 0. The van der Waals surface area contributed by atoms with E-state index >= 15 is 0 Å². The second kappa shape index (κ2) is 4.01. The first-order valence-electron chi connectivity index (χ1n) is 5.16. The molecule has 1 aliphatic rings. The number of hydrogen-bond acceptors (Lipinski definition) is 3. The summed E-state index contributed by atoms with van der Waals surface area (Å²) in [7, 11) is 0. The monoisotopic (exact) mass is 201 g/mol. The highest BCUT2D eigenvalue weighted by molar-refractivity contribution is 5.37. The van der Waals surface area contributed by atoms with Crippen LogP contribution >= 0.6 is 0 Å². The summed E-state index contributed by atoms with van der Waals surface area (Å²) in [6, 6.07) is 8.36. The zero-order chi connectivity index (χ0) is 10.8. The van der Waals surface area contributed by atoms with E-state index in [4.69, 9.17) is 11.0 Å². The quantitative estimate of drug-likeness (QED) is 0.777. The lowest BCUT2D eigenvalue weighted by molar-refractivity contribution is 0.142. The van der Waals surface area contributed by atoms with Crippen molar-refractivity contribution in [1.29, 1.82) is 5.26 Å². The molecule has 1 saturated heterocycles. The average Bonchev–Trinajstić information content (AvgIpc) is 2.18. The van der Waals surface area contributed by atoms with Gasteiger partial charge in [-0.25, -0.2) is 0 Å². The number of nitrogens with two attached hydrogens (primary N) is 1. The molecule has 0 unspecified atom stereocenters. The first-order chi connectivity index (χ1) is 7.19. The van der Waals surface area contributed by atoms with Gasteiger partial charge >= 0.3 is 0 Å². The van der Waals surface area contributed by atoms with Crippen LogP contribution in [0.2, 0.25) is 0 Å². The molecule has 0 amide bonds. The molecule has 1 aromatic rings. The normalized spacial score (nSPS) is 17.1. The van der Waals surface area contributed by atoms with Gasteiger partial charge in [-0.1, -0.05) is 6.07 Å². The standard InChI is InChI=1S/C12H15N3/c1-9-4-10(5-13)2-3-11(9)6-15-7-12(14)8-15/h2-4,12H,6-8,14H2,1H3. The Labute approximate surface area is 90.1 Å². The Morgan fingerprint density at radius 2 is 2.27 bits per heavy atom. The van der Waals surface area contributed by atoms with E-state index in [2.05, 4.69) is 17.9 Å². The highest BCUT2D eigenvalue weighted by Crippen LogP contribution is 2.16. The number of benzene rings is 1. The van der Waals surface area contributed by atoms with Crippen molar-refractivity contribution in [2.24, 2.45) is 5.73 Å². The fraction of sp³-hybridized carbons (Fsp3) is 0.417. The van der Waals surface area contributed by atoms with E-state index in [-0.39, 0.29) is 0 Å². The van der Waals surface area contributed by atoms with Crippen molar-refractivity contribution in [1.82, 2.24) is 4.90 Å². The molecule has 2 rings (SSSR count). The third kappa shape index (κ3) is 2.17. The zero-order valence-corrected chi connectivity index (χ0v) is 8.90. The fourth-order valence-electron chi connectivity index (χ4n) is 1.92. The van der Waals surface area contributed by atoms with Crippen LogP contribution in [0.5, 0.6) is 0 Å². The molecular weight excluding hydrogens is 186 g/mol. The van der Waals surface area contributed by atoms with Gasteiger partial charge < -0.3 is 5.73 Å². The zero-order valence-electron chi connectivity index (χ0n) is 8.90. The van der Waals surface area contributed by atoms with Gasteiger partial charge in [-0.05, 0) is 30.2 Å². The Kier molecular flexibility index (Phi) is 2.72. The minimum atomic E-state index is 0.351. The molecule has 0 atom stereocenters. The molecule has 0 aliphatic carbocycles. The second-order valence-electron chi connectivity index (χ2n) is 4.21. The minimum absolute atomic E-state index is 0.351. The van der Waals surface area contributed by atoms with Crippen molar-refractivity contribution in [3.8, 4) is 6.07 Å². The molecule has 3 heteroatoms. The Morgan fingerprint density at radius 1 is 1.53 bits per heavy atom. The molecule has 15 heavy (non-hydrogen) atoms. The van der Waals surface area contributed by atoms with Crippen molar-refractivity contribution in [2.45, 2.75) is 19.5 Å².